The maximum absolute atomic E-state index is 10.6. The van der Waals surface area contributed by atoms with E-state index in [0.717, 1.165) is 0 Å². The summed E-state index contributed by atoms with van der Waals surface area (Å²) in [5.41, 5.74) is 5.22. The van der Waals surface area contributed by atoms with Crippen LogP contribution in [0.15, 0.2) is 0 Å². The molecule has 3 nitrogen and oxygen atoms in total. The largest absolute Gasteiger partial charge is 0.354 e. The molecule has 0 radical (unpaired) electrons. The first-order valence-electron chi connectivity index (χ1n) is 2.77. The van der Waals surface area contributed by atoms with Gasteiger partial charge in [0.15, 0.2) is 0 Å². The van der Waals surface area contributed by atoms with Gasteiger partial charge < -0.3 is 11.1 Å². The molecule has 1 atom stereocenters. The number of carbonyl (C=O) groups is 1. The molecule has 0 rings (SSSR count). The molecule has 0 bridgehead atoms. The van der Waals surface area contributed by atoms with E-state index in [-0.39, 0.29) is 18.3 Å². The summed E-state index contributed by atoms with van der Waals surface area (Å²) in [5, 5.41) is 2.54. The molecule has 0 aliphatic rings. The Morgan fingerprint density at radius 1 is 1.80 bits per heavy atom. The van der Waals surface area contributed by atoms with Crippen LogP contribution in [0.4, 0.5) is 0 Å². The maximum Gasteiger partial charge on any atom is 0.236 e. The van der Waals surface area contributed by atoms with Crippen LogP contribution in [0.2, 0.25) is 0 Å². The molecule has 3 N–H and O–H groups in total. The van der Waals surface area contributed by atoms with Crippen molar-refractivity contribution in [1.82, 2.24) is 5.32 Å². The molecule has 0 heterocycles. The molecule has 0 aromatic heterocycles. The van der Waals surface area contributed by atoms with Crippen molar-refractivity contribution in [1.29, 1.82) is 0 Å². The molecule has 0 aliphatic carbocycles. The first kappa shape index (κ1) is 12.7. The standard InChI is InChI=1S/C5H11ClN2O.ClH/c1-4(7)5(9)8-3-2-6;/h4H,2-3,7H2,1H3,(H,8,9);1H. The summed E-state index contributed by atoms with van der Waals surface area (Å²) in [4.78, 5) is 10.6. The van der Waals surface area contributed by atoms with Crippen LogP contribution in [0.1, 0.15) is 6.92 Å². The highest BCUT2D eigenvalue weighted by molar-refractivity contribution is 6.18. The highest BCUT2D eigenvalue weighted by Gasteiger charge is 2.03. The second-order valence-corrected chi connectivity index (χ2v) is 2.15. The lowest BCUT2D eigenvalue weighted by atomic mass is 10.3. The summed E-state index contributed by atoms with van der Waals surface area (Å²) < 4.78 is 0. The third kappa shape index (κ3) is 6.13. The van der Waals surface area contributed by atoms with Gasteiger partial charge in [0.1, 0.15) is 0 Å². The fourth-order valence-corrected chi connectivity index (χ4v) is 0.426. The van der Waals surface area contributed by atoms with Gasteiger partial charge in [-0.05, 0) is 6.92 Å². The van der Waals surface area contributed by atoms with E-state index in [1.807, 2.05) is 0 Å². The van der Waals surface area contributed by atoms with Crippen LogP contribution in [-0.4, -0.2) is 24.4 Å². The molecule has 0 fully saturated rings. The van der Waals surface area contributed by atoms with Crippen LogP contribution in [0.5, 0.6) is 0 Å². The van der Waals surface area contributed by atoms with E-state index >= 15 is 0 Å². The van der Waals surface area contributed by atoms with Crippen LogP contribution in [0.25, 0.3) is 0 Å². The van der Waals surface area contributed by atoms with Crippen molar-refractivity contribution in [3.05, 3.63) is 0 Å². The summed E-state index contributed by atoms with van der Waals surface area (Å²) >= 11 is 5.29. The lowest BCUT2D eigenvalue weighted by Gasteiger charge is -2.03. The van der Waals surface area contributed by atoms with Crippen LogP contribution in [0.3, 0.4) is 0 Å². The average Bonchev–Trinajstić information content (AvgIpc) is 1.82. The zero-order valence-corrected chi connectivity index (χ0v) is 7.34. The number of nitrogens with one attached hydrogen (secondary N) is 1. The van der Waals surface area contributed by atoms with Crippen molar-refractivity contribution in [2.45, 2.75) is 13.0 Å². The number of rotatable bonds is 3. The van der Waals surface area contributed by atoms with Crippen molar-refractivity contribution in [2.24, 2.45) is 5.73 Å². The third-order valence-corrected chi connectivity index (χ3v) is 0.996. The molecule has 0 spiro atoms. The van der Waals surface area contributed by atoms with Crippen molar-refractivity contribution in [3.63, 3.8) is 0 Å². The van der Waals surface area contributed by atoms with Crippen LogP contribution in [0, 0.1) is 0 Å². The fraction of sp³-hybridized carbons (Fsp3) is 0.800. The smallest absolute Gasteiger partial charge is 0.236 e. The van der Waals surface area contributed by atoms with E-state index in [2.05, 4.69) is 5.32 Å². The Hall–Kier alpha value is 0.01000. The highest BCUT2D eigenvalue weighted by Crippen LogP contribution is 1.75. The minimum Gasteiger partial charge on any atom is -0.354 e. The number of nitrogens with two attached hydrogens (primary N) is 1. The highest BCUT2D eigenvalue weighted by atomic mass is 35.5. The Labute approximate surface area is 71.7 Å². The Balaban J connectivity index is 0. The van der Waals surface area contributed by atoms with Crippen molar-refractivity contribution < 1.29 is 4.79 Å². The summed E-state index contributed by atoms with van der Waals surface area (Å²) in [6.45, 7) is 2.12. The molecule has 0 aromatic rings. The topological polar surface area (TPSA) is 55.1 Å². The summed E-state index contributed by atoms with van der Waals surface area (Å²) in [6.07, 6.45) is 0. The van der Waals surface area contributed by atoms with Gasteiger partial charge >= 0.3 is 0 Å². The minimum atomic E-state index is -0.437. The molecule has 0 aliphatic heterocycles. The number of amides is 1. The van der Waals surface area contributed by atoms with Gasteiger partial charge in [-0.15, -0.1) is 24.0 Å². The van der Waals surface area contributed by atoms with E-state index in [9.17, 15) is 4.79 Å². The molecule has 1 unspecified atom stereocenters. The van der Waals surface area contributed by atoms with Crippen molar-refractivity contribution >= 4 is 29.9 Å². The number of hydrogen-bond acceptors (Lipinski definition) is 2. The van der Waals surface area contributed by atoms with Gasteiger partial charge in [-0.1, -0.05) is 0 Å². The van der Waals surface area contributed by atoms with E-state index in [4.69, 9.17) is 17.3 Å². The second kappa shape index (κ2) is 7.12. The zero-order chi connectivity index (χ0) is 7.28. The molecule has 62 valence electrons. The third-order valence-electron chi connectivity index (χ3n) is 0.807. The van der Waals surface area contributed by atoms with Crippen LogP contribution in [-0.2, 0) is 4.79 Å². The Kier molecular flexibility index (Phi) is 9.02. The lowest BCUT2D eigenvalue weighted by molar-refractivity contribution is -0.121. The zero-order valence-electron chi connectivity index (χ0n) is 5.76. The van der Waals surface area contributed by atoms with Crippen molar-refractivity contribution in [2.75, 3.05) is 12.4 Å². The maximum atomic E-state index is 10.6. The summed E-state index contributed by atoms with van der Waals surface area (Å²) in [5.74, 6) is 0.272. The van der Waals surface area contributed by atoms with E-state index in [1.54, 1.807) is 6.92 Å². The SMILES string of the molecule is CC(N)C(=O)NCCCl.Cl. The first-order chi connectivity index (χ1) is 4.18. The molecular weight excluding hydrogens is 175 g/mol. The van der Waals surface area contributed by atoms with Crippen LogP contribution < -0.4 is 11.1 Å². The fourth-order valence-electron chi connectivity index (χ4n) is 0.331. The Morgan fingerprint density at radius 2 is 2.30 bits per heavy atom. The van der Waals surface area contributed by atoms with E-state index < -0.39 is 6.04 Å². The number of halogens is 2. The number of hydrogen-bond donors (Lipinski definition) is 2. The normalized spacial score (nSPS) is 11.5. The quantitative estimate of drug-likeness (QED) is 0.616. The predicted molar refractivity (Wildman–Crippen MR) is 44.6 cm³/mol. The van der Waals surface area contributed by atoms with Gasteiger partial charge in [-0.2, -0.15) is 0 Å². The van der Waals surface area contributed by atoms with Gasteiger partial charge in [-0.25, -0.2) is 0 Å². The Morgan fingerprint density at radius 3 is 2.60 bits per heavy atom. The lowest BCUT2D eigenvalue weighted by Crippen LogP contribution is -2.39. The molecular formula is C5H12Cl2N2O. The molecule has 0 saturated heterocycles. The molecule has 5 heteroatoms. The van der Waals surface area contributed by atoms with Gasteiger partial charge in [0.05, 0.1) is 6.04 Å². The molecule has 0 saturated carbocycles. The number of carbonyl (C=O) groups excluding carboxylic acids is 1. The molecule has 0 aromatic carbocycles. The molecule has 1 amide bonds. The Bertz CT molecular complexity index is 97.6. The predicted octanol–water partition coefficient (Wildman–Crippen LogP) is 0.110. The van der Waals surface area contributed by atoms with Gasteiger partial charge in [0.2, 0.25) is 5.91 Å². The van der Waals surface area contributed by atoms with Gasteiger partial charge in [-0.3, -0.25) is 4.79 Å². The molecule has 10 heavy (non-hydrogen) atoms. The van der Waals surface area contributed by atoms with Crippen LogP contribution >= 0.6 is 24.0 Å². The monoisotopic (exact) mass is 186 g/mol. The van der Waals surface area contributed by atoms with Crippen molar-refractivity contribution in [3.8, 4) is 0 Å². The average molecular weight is 187 g/mol. The van der Waals surface area contributed by atoms with Gasteiger partial charge in [0.25, 0.3) is 0 Å². The van der Waals surface area contributed by atoms with Gasteiger partial charge in [0, 0.05) is 12.4 Å². The van der Waals surface area contributed by atoms with E-state index in [0.29, 0.717) is 12.4 Å². The minimum absolute atomic E-state index is 0. The summed E-state index contributed by atoms with van der Waals surface area (Å²) in [7, 11) is 0. The second-order valence-electron chi connectivity index (χ2n) is 1.77. The van der Waals surface area contributed by atoms with E-state index in [1.165, 1.54) is 0 Å². The number of alkyl halides is 1. The summed E-state index contributed by atoms with van der Waals surface area (Å²) in [6, 6.07) is -0.437. The first-order valence-corrected chi connectivity index (χ1v) is 3.31.